The molecule has 2 N–H and O–H groups in total. The molecular weight excluding hydrogens is 176 g/mol. The monoisotopic (exact) mass is 198 g/mol. The van der Waals surface area contributed by atoms with Gasteiger partial charge in [-0.2, -0.15) is 0 Å². The van der Waals surface area contributed by atoms with E-state index in [0.29, 0.717) is 12.1 Å². The molecular formula is C11H22N2O. The van der Waals surface area contributed by atoms with E-state index in [1.165, 1.54) is 13.0 Å². The Morgan fingerprint density at radius 1 is 1.36 bits per heavy atom. The summed E-state index contributed by atoms with van der Waals surface area (Å²) < 4.78 is 5.72. The minimum atomic E-state index is 0.0651. The van der Waals surface area contributed by atoms with Crippen LogP contribution in [0.3, 0.4) is 0 Å². The molecule has 0 aromatic rings. The number of hydrogen-bond acceptors (Lipinski definition) is 3. The number of likely N-dealkylation sites (tertiary alicyclic amines) is 1. The maximum Gasteiger partial charge on any atom is 0.0641 e. The third-order valence-electron chi connectivity index (χ3n) is 3.44. The van der Waals surface area contributed by atoms with Gasteiger partial charge in [0.15, 0.2) is 0 Å². The Bertz CT molecular complexity index is 205. The lowest BCUT2D eigenvalue weighted by molar-refractivity contribution is -0.0803. The van der Waals surface area contributed by atoms with E-state index in [4.69, 9.17) is 10.5 Å². The number of rotatable bonds is 1. The van der Waals surface area contributed by atoms with Gasteiger partial charge in [-0.3, -0.25) is 4.90 Å². The molecule has 3 nitrogen and oxygen atoms in total. The van der Waals surface area contributed by atoms with Crippen LogP contribution in [0.4, 0.5) is 0 Å². The summed E-state index contributed by atoms with van der Waals surface area (Å²) in [5, 5.41) is 0. The van der Waals surface area contributed by atoms with Crippen LogP contribution in [0.2, 0.25) is 0 Å². The highest BCUT2D eigenvalue weighted by atomic mass is 16.5. The van der Waals surface area contributed by atoms with Crippen molar-refractivity contribution in [3.05, 3.63) is 0 Å². The lowest BCUT2D eigenvalue weighted by Crippen LogP contribution is -2.45. The Hall–Kier alpha value is -0.120. The quantitative estimate of drug-likeness (QED) is 0.682. The summed E-state index contributed by atoms with van der Waals surface area (Å²) in [6.07, 6.45) is 3.49. The van der Waals surface area contributed by atoms with Gasteiger partial charge >= 0.3 is 0 Å². The second kappa shape index (κ2) is 3.80. The summed E-state index contributed by atoms with van der Waals surface area (Å²) in [6, 6.07) is 1.10. The first kappa shape index (κ1) is 10.4. The number of nitrogens with zero attached hydrogens (tertiary/aromatic N) is 1. The van der Waals surface area contributed by atoms with E-state index in [0.717, 1.165) is 26.0 Å². The average Bonchev–Trinajstić information content (AvgIpc) is 2.50. The van der Waals surface area contributed by atoms with Crippen molar-refractivity contribution in [1.29, 1.82) is 0 Å². The molecule has 0 amide bonds. The third kappa shape index (κ3) is 2.27. The van der Waals surface area contributed by atoms with Crippen LogP contribution in [-0.4, -0.2) is 42.3 Å². The zero-order valence-electron chi connectivity index (χ0n) is 9.33. The van der Waals surface area contributed by atoms with Crippen LogP contribution in [0.25, 0.3) is 0 Å². The van der Waals surface area contributed by atoms with Crippen molar-refractivity contribution in [3.63, 3.8) is 0 Å². The zero-order chi connectivity index (χ0) is 10.2. The van der Waals surface area contributed by atoms with Crippen LogP contribution in [0, 0.1) is 0 Å². The van der Waals surface area contributed by atoms with Crippen molar-refractivity contribution >= 4 is 0 Å². The average molecular weight is 198 g/mol. The lowest BCUT2D eigenvalue weighted by atomic mass is 9.93. The molecule has 0 saturated carbocycles. The van der Waals surface area contributed by atoms with Crippen LogP contribution < -0.4 is 5.73 Å². The van der Waals surface area contributed by atoms with E-state index >= 15 is 0 Å². The molecule has 82 valence electrons. The van der Waals surface area contributed by atoms with Gasteiger partial charge < -0.3 is 10.5 Å². The van der Waals surface area contributed by atoms with Crippen molar-refractivity contribution in [2.75, 3.05) is 19.7 Å². The Labute approximate surface area is 86.6 Å². The maximum absolute atomic E-state index is 5.93. The summed E-state index contributed by atoms with van der Waals surface area (Å²) in [5.74, 6) is 0. The molecule has 1 unspecified atom stereocenters. The van der Waals surface area contributed by atoms with Gasteiger partial charge in [0.2, 0.25) is 0 Å². The van der Waals surface area contributed by atoms with E-state index in [9.17, 15) is 0 Å². The minimum absolute atomic E-state index is 0.0651. The van der Waals surface area contributed by atoms with Gasteiger partial charge in [-0.1, -0.05) is 0 Å². The molecule has 2 rings (SSSR count). The molecule has 2 heterocycles. The molecule has 0 spiro atoms. The molecule has 2 aliphatic rings. The van der Waals surface area contributed by atoms with Gasteiger partial charge in [-0.05, 0) is 33.1 Å². The smallest absolute Gasteiger partial charge is 0.0641 e. The fourth-order valence-electron chi connectivity index (χ4n) is 2.66. The molecule has 2 atom stereocenters. The maximum atomic E-state index is 5.93. The Balaban J connectivity index is 1.91. The number of nitrogens with two attached hydrogens (primary N) is 1. The molecule has 0 bridgehead atoms. The summed E-state index contributed by atoms with van der Waals surface area (Å²) in [7, 11) is 0. The Morgan fingerprint density at radius 2 is 2.14 bits per heavy atom. The van der Waals surface area contributed by atoms with Crippen molar-refractivity contribution in [2.24, 2.45) is 5.73 Å². The first-order valence-corrected chi connectivity index (χ1v) is 5.70. The molecule has 2 saturated heterocycles. The lowest BCUT2D eigenvalue weighted by Gasteiger charge is -2.39. The predicted octanol–water partition coefficient (Wildman–Crippen LogP) is 0.977. The molecule has 0 aromatic heterocycles. The van der Waals surface area contributed by atoms with Crippen LogP contribution in [0.1, 0.15) is 33.1 Å². The molecule has 0 aromatic carbocycles. The van der Waals surface area contributed by atoms with Crippen LogP contribution in [0.5, 0.6) is 0 Å². The molecule has 2 fully saturated rings. The number of hydrogen-bond donors (Lipinski definition) is 1. The van der Waals surface area contributed by atoms with Gasteiger partial charge in [0.25, 0.3) is 0 Å². The van der Waals surface area contributed by atoms with E-state index in [1.807, 2.05) is 0 Å². The predicted molar refractivity (Wildman–Crippen MR) is 57.2 cm³/mol. The van der Waals surface area contributed by atoms with Crippen molar-refractivity contribution in [1.82, 2.24) is 4.90 Å². The molecule has 14 heavy (non-hydrogen) atoms. The molecule has 0 aliphatic carbocycles. The van der Waals surface area contributed by atoms with Gasteiger partial charge in [-0.15, -0.1) is 0 Å². The fourth-order valence-corrected chi connectivity index (χ4v) is 2.66. The summed E-state index contributed by atoms with van der Waals surface area (Å²) in [5.41, 5.74) is 5.99. The van der Waals surface area contributed by atoms with Gasteiger partial charge in [0.1, 0.15) is 0 Å². The van der Waals surface area contributed by atoms with Crippen molar-refractivity contribution in [3.8, 4) is 0 Å². The third-order valence-corrected chi connectivity index (χ3v) is 3.44. The Kier molecular flexibility index (Phi) is 2.82. The summed E-state index contributed by atoms with van der Waals surface area (Å²) in [4.78, 5) is 2.55. The fraction of sp³-hybridized carbons (Fsp3) is 1.00. The standard InChI is InChI=1S/C11H22N2O/c1-11(2)7-10(4-6-14-11)13-5-3-9(12)8-13/h9-10H,3-8,12H2,1-2H3/t9-,10?/m1/s1. The minimum Gasteiger partial charge on any atom is -0.375 e. The van der Waals surface area contributed by atoms with Gasteiger partial charge in [-0.25, -0.2) is 0 Å². The highest BCUT2D eigenvalue weighted by molar-refractivity contribution is 4.89. The molecule has 3 heteroatoms. The number of ether oxygens (including phenoxy) is 1. The normalized spacial score (nSPS) is 38.8. The zero-order valence-corrected chi connectivity index (χ0v) is 9.33. The summed E-state index contributed by atoms with van der Waals surface area (Å²) >= 11 is 0. The summed E-state index contributed by atoms with van der Waals surface area (Å²) in [6.45, 7) is 7.55. The van der Waals surface area contributed by atoms with E-state index in [2.05, 4.69) is 18.7 Å². The van der Waals surface area contributed by atoms with Gasteiger partial charge in [0, 0.05) is 31.8 Å². The topological polar surface area (TPSA) is 38.5 Å². The van der Waals surface area contributed by atoms with Gasteiger partial charge in [0.05, 0.1) is 5.60 Å². The van der Waals surface area contributed by atoms with Crippen LogP contribution in [0.15, 0.2) is 0 Å². The molecule has 2 aliphatic heterocycles. The molecule has 0 radical (unpaired) electrons. The second-order valence-corrected chi connectivity index (χ2v) is 5.30. The van der Waals surface area contributed by atoms with E-state index in [-0.39, 0.29) is 5.60 Å². The van der Waals surface area contributed by atoms with E-state index < -0.39 is 0 Å². The first-order valence-electron chi connectivity index (χ1n) is 5.70. The SMILES string of the molecule is CC1(C)CC(N2CC[C@@H](N)C2)CCO1. The van der Waals surface area contributed by atoms with Crippen molar-refractivity contribution in [2.45, 2.75) is 50.8 Å². The first-order chi connectivity index (χ1) is 6.57. The highest BCUT2D eigenvalue weighted by Gasteiger charge is 2.34. The Morgan fingerprint density at radius 3 is 2.71 bits per heavy atom. The highest BCUT2D eigenvalue weighted by Crippen LogP contribution is 2.28. The van der Waals surface area contributed by atoms with E-state index in [1.54, 1.807) is 0 Å². The van der Waals surface area contributed by atoms with Crippen LogP contribution >= 0.6 is 0 Å². The van der Waals surface area contributed by atoms with Crippen LogP contribution in [-0.2, 0) is 4.74 Å². The second-order valence-electron chi connectivity index (χ2n) is 5.30. The largest absolute Gasteiger partial charge is 0.375 e. The van der Waals surface area contributed by atoms with Crippen molar-refractivity contribution < 1.29 is 4.74 Å².